The van der Waals surface area contributed by atoms with E-state index in [2.05, 4.69) is 47.2 Å². The molecular weight excluding hydrogens is 302 g/mol. The third kappa shape index (κ3) is 3.88. The Morgan fingerprint density at radius 1 is 1.21 bits per heavy atom. The van der Waals surface area contributed by atoms with E-state index < -0.39 is 0 Å². The maximum Gasteiger partial charge on any atom is 0.135 e. The van der Waals surface area contributed by atoms with Crippen LogP contribution in [0.2, 0.25) is 0 Å². The largest absolute Gasteiger partial charge is 0.495 e. The molecule has 1 aromatic rings. The Balaban J connectivity index is 1.92. The van der Waals surface area contributed by atoms with Gasteiger partial charge >= 0.3 is 0 Å². The molecule has 2 rings (SSSR count). The van der Waals surface area contributed by atoms with Crippen molar-refractivity contribution in [3.05, 3.63) is 22.7 Å². The first-order chi connectivity index (χ1) is 9.10. The maximum atomic E-state index is 5.34. The zero-order chi connectivity index (χ0) is 13.8. The lowest BCUT2D eigenvalue weighted by molar-refractivity contribution is 0.267. The molecule has 0 unspecified atom stereocenters. The van der Waals surface area contributed by atoms with E-state index in [0.29, 0.717) is 6.04 Å². The van der Waals surface area contributed by atoms with Crippen LogP contribution in [0.1, 0.15) is 39.5 Å². The highest BCUT2D eigenvalue weighted by atomic mass is 79.9. The topological polar surface area (TPSA) is 21.3 Å². The Kier molecular flexibility index (Phi) is 5.14. The highest BCUT2D eigenvalue weighted by molar-refractivity contribution is 9.10. The first kappa shape index (κ1) is 14.7. The number of ether oxygens (including phenoxy) is 1. The van der Waals surface area contributed by atoms with Gasteiger partial charge in [0.15, 0.2) is 0 Å². The number of rotatable bonds is 4. The summed E-state index contributed by atoms with van der Waals surface area (Å²) in [6, 6.07) is 6.83. The maximum absolute atomic E-state index is 5.34. The second-order valence-electron chi connectivity index (χ2n) is 5.85. The summed E-state index contributed by atoms with van der Waals surface area (Å²) in [4.78, 5) is 0. The average molecular weight is 326 g/mol. The molecule has 0 saturated heterocycles. The highest BCUT2D eigenvalue weighted by Gasteiger charge is 2.23. The Morgan fingerprint density at radius 2 is 1.89 bits per heavy atom. The lowest BCUT2D eigenvalue weighted by Crippen LogP contribution is -2.27. The van der Waals surface area contributed by atoms with Gasteiger partial charge in [-0.25, -0.2) is 0 Å². The summed E-state index contributed by atoms with van der Waals surface area (Å²) in [6.07, 6.45) is 5.26. The van der Waals surface area contributed by atoms with Crippen LogP contribution in [0.25, 0.3) is 0 Å². The summed E-state index contributed by atoms with van der Waals surface area (Å²) < 4.78 is 6.34. The molecule has 0 bridgehead atoms. The first-order valence-electron chi connectivity index (χ1n) is 7.20. The van der Waals surface area contributed by atoms with Crippen LogP contribution in [-0.4, -0.2) is 13.2 Å². The predicted octanol–water partition coefficient (Wildman–Crippen LogP) is 5.08. The van der Waals surface area contributed by atoms with Crippen LogP contribution >= 0.6 is 15.9 Å². The van der Waals surface area contributed by atoms with E-state index in [4.69, 9.17) is 4.74 Å². The van der Waals surface area contributed by atoms with Gasteiger partial charge in [0.2, 0.25) is 0 Å². The van der Waals surface area contributed by atoms with Gasteiger partial charge in [0, 0.05) is 17.8 Å². The molecule has 1 aliphatic carbocycles. The summed E-state index contributed by atoms with van der Waals surface area (Å²) in [5, 5.41) is 3.64. The Bertz CT molecular complexity index is 411. The van der Waals surface area contributed by atoms with Crippen molar-refractivity contribution in [3.8, 4) is 5.75 Å². The van der Waals surface area contributed by atoms with Crippen molar-refractivity contribution in [2.45, 2.75) is 45.6 Å². The molecule has 0 atom stereocenters. The number of hydrogen-bond acceptors (Lipinski definition) is 2. The normalized spacial score (nSPS) is 23.4. The summed E-state index contributed by atoms with van der Waals surface area (Å²) in [5.74, 6) is 2.63. The van der Waals surface area contributed by atoms with Crippen molar-refractivity contribution >= 4 is 21.6 Å². The summed E-state index contributed by atoms with van der Waals surface area (Å²) in [5.41, 5.74) is 1.16. The van der Waals surface area contributed by atoms with E-state index in [1.54, 1.807) is 7.11 Å². The fourth-order valence-electron chi connectivity index (χ4n) is 2.92. The van der Waals surface area contributed by atoms with Crippen LogP contribution in [-0.2, 0) is 0 Å². The van der Waals surface area contributed by atoms with E-state index >= 15 is 0 Å². The van der Waals surface area contributed by atoms with Crippen LogP contribution in [0, 0.1) is 11.8 Å². The quantitative estimate of drug-likeness (QED) is 0.833. The standard InChI is InChI=1S/C16H24BrNO/c1-11(2)12-4-6-13(7-5-12)18-14-8-9-15(17)16(10-14)19-3/h8-13,18H,4-7H2,1-3H3. The van der Waals surface area contributed by atoms with E-state index in [-0.39, 0.29) is 0 Å². The first-order valence-corrected chi connectivity index (χ1v) is 7.99. The predicted molar refractivity (Wildman–Crippen MR) is 84.9 cm³/mol. The van der Waals surface area contributed by atoms with Crippen molar-refractivity contribution in [2.75, 3.05) is 12.4 Å². The van der Waals surface area contributed by atoms with Crippen LogP contribution in [0.4, 0.5) is 5.69 Å². The molecule has 3 heteroatoms. The minimum atomic E-state index is 0.612. The summed E-state index contributed by atoms with van der Waals surface area (Å²) in [6.45, 7) is 4.69. The molecule has 2 nitrogen and oxygen atoms in total. The number of anilines is 1. The molecule has 0 amide bonds. The molecule has 106 valence electrons. The van der Waals surface area contributed by atoms with Gasteiger partial charge < -0.3 is 10.1 Å². The lowest BCUT2D eigenvalue weighted by atomic mass is 9.79. The number of halogens is 1. The molecule has 1 aliphatic rings. The Hall–Kier alpha value is -0.700. The lowest BCUT2D eigenvalue weighted by Gasteiger charge is -2.32. The number of nitrogens with one attached hydrogen (secondary N) is 1. The molecule has 0 heterocycles. The van der Waals surface area contributed by atoms with Crippen LogP contribution in [0.3, 0.4) is 0 Å². The fourth-order valence-corrected chi connectivity index (χ4v) is 3.32. The molecule has 1 N–H and O–H groups in total. The van der Waals surface area contributed by atoms with E-state index in [9.17, 15) is 0 Å². The van der Waals surface area contributed by atoms with Gasteiger partial charge in [-0.05, 0) is 65.6 Å². The molecule has 1 saturated carbocycles. The zero-order valence-electron chi connectivity index (χ0n) is 12.1. The van der Waals surface area contributed by atoms with Gasteiger partial charge in [-0.2, -0.15) is 0 Å². The monoisotopic (exact) mass is 325 g/mol. The van der Waals surface area contributed by atoms with Crippen molar-refractivity contribution in [1.82, 2.24) is 0 Å². The molecule has 1 fully saturated rings. The molecule has 0 aliphatic heterocycles. The van der Waals surface area contributed by atoms with Gasteiger partial charge in [0.25, 0.3) is 0 Å². The fraction of sp³-hybridized carbons (Fsp3) is 0.625. The minimum absolute atomic E-state index is 0.612. The van der Waals surface area contributed by atoms with Gasteiger partial charge in [-0.3, -0.25) is 0 Å². The highest BCUT2D eigenvalue weighted by Crippen LogP contribution is 2.33. The molecule has 0 aromatic heterocycles. The van der Waals surface area contributed by atoms with Crippen molar-refractivity contribution < 1.29 is 4.74 Å². The summed E-state index contributed by atoms with van der Waals surface area (Å²) in [7, 11) is 1.71. The Morgan fingerprint density at radius 3 is 2.47 bits per heavy atom. The van der Waals surface area contributed by atoms with Gasteiger partial charge in [-0.15, -0.1) is 0 Å². The molecule has 0 radical (unpaired) electrons. The number of benzene rings is 1. The smallest absolute Gasteiger partial charge is 0.135 e. The van der Waals surface area contributed by atoms with Crippen molar-refractivity contribution in [1.29, 1.82) is 0 Å². The molecule has 0 spiro atoms. The van der Waals surface area contributed by atoms with E-state index in [1.807, 2.05) is 6.07 Å². The van der Waals surface area contributed by atoms with Gasteiger partial charge in [-0.1, -0.05) is 13.8 Å². The van der Waals surface area contributed by atoms with Crippen LogP contribution in [0.15, 0.2) is 22.7 Å². The minimum Gasteiger partial charge on any atom is -0.495 e. The van der Waals surface area contributed by atoms with Gasteiger partial charge in [0.05, 0.1) is 11.6 Å². The van der Waals surface area contributed by atoms with E-state index in [0.717, 1.165) is 27.7 Å². The third-order valence-electron chi connectivity index (χ3n) is 4.24. The summed E-state index contributed by atoms with van der Waals surface area (Å²) >= 11 is 3.49. The van der Waals surface area contributed by atoms with Crippen molar-refractivity contribution in [2.24, 2.45) is 11.8 Å². The molecule has 19 heavy (non-hydrogen) atoms. The van der Waals surface area contributed by atoms with E-state index in [1.165, 1.54) is 25.7 Å². The van der Waals surface area contributed by atoms with Crippen molar-refractivity contribution in [3.63, 3.8) is 0 Å². The van der Waals surface area contributed by atoms with Crippen LogP contribution < -0.4 is 10.1 Å². The van der Waals surface area contributed by atoms with Gasteiger partial charge in [0.1, 0.15) is 5.75 Å². The van der Waals surface area contributed by atoms with Crippen LogP contribution in [0.5, 0.6) is 5.75 Å². The second kappa shape index (κ2) is 6.65. The zero-order valence-corrected chi connectivity index (χ0v) is 13.7. The average Bonchev–Trinajstić information content (AvgIpc) is 2.41. The molecular formula is C16H24BrNO. The third-order valence-corrected chi connectivity index (χ3v) is 4.89. The Labute approximate surface area is 125 Å². The second-order valence-corrected chi connectivity index (χ2v) is 6.70. The SMILES string of the molecule is COc1cc(NC2CCC(C(C)C)CC2)ccc1Br. The molecule has 1 aromatic carbocycles. The number of methoxy groups -OCH3 is 1. The number of hydrogen-bond donors (Lipinski definition) is 1.